The molecule has 0 atom stereocenters. The predicted molar refractivity (Wildman–Crippen MR) is 99.1 cm³/mol. The van der Waals surface area contributed by atoms with Crippen molar-refractivity contribution in [2.75, 3.05) is 4.90 Å². The molecule has 126 valence electrons. The van der Waals surface area contributed by atoms with Crippen LogP contribution in [0.15, 0.2) is 52.5 Å². The zero-order chi connectivity index (χ0) is 18.1. The fourth-order valence-electron chi connectivity index (χ4n) is 2.72. The van der Waals surface area contributed by atoms with Crippen molar-refractivity contribution in [1.29, 1.82) is 0 Å². The summed E-state index contributed by atoms with van der Waals surface area (Å²) in [5.74, 6) is -1.35. The van der Waals surface area contributed by atoms with Gasteiger partial charge in [-0.3, -0.25) is 14.9 Å². The molecule has 2 aromatic rings. The molecule has 0 aromatic heterocycles. The van der Waals surface area contributed by atoms with Gasteiger partial charge < -0.3 is 0 Å². The van der Waals surface area contributed by atoms with Crippen molar-refractivity contribution in [2.45, 2.75) is 13.8 Å². The van der Waals surface area contributed by atoms with Crippen molar-refractivity contribution in [1.82, 2.24) is 5.32 Å². The summed E-state index contributed by atoms with van der Waals surface area (Å²) in [6.07, 6.45) is 1.48. The van der Waals surface area contributed by atoms with Crippen molar-refractivity contribution in [3.8, 4) is 0 Å². The summed E-state index contributed by atoms with van der Waals surface area (Å²) in [7, 11) is 0. The molecule has 0 saturated carbocycles. The molecule has 25 heavy (non-hydrogen) atoms. The van der Waals surface area contributed by atoms with E-state index >= 15 is 0 Å². The second kappa shape index (κ2) is 6.64. The first-order chi connectivity index (χ1) is 11.9. The molecule has 1 aliphatic rings. The van der Waals surface area contributed by atoms with Gasteiger partial charge >= 0.3 is 6.03 Å². The largest absolute Gasteiger partial charge is 0.335 e. The van der Waals surface area contributed by atoms with Crippen molar-refractivity contribution < 1.29 is 14.4 Å². The van der Waals surface area contributed by atoms with E-state index in [1.54, 1.807) is 24.3 Å². The van der Waals surface area contributed by atoms with E-state index in [-0.39, 0.29) is 5.57 Å². The van der Waals surface area contributed by atoms with Crippen LogP contribution in [-0.2, 0) is 9.59 Å². The van der Waals surface area contributed by atoms with Crippen LogP contribution >= 0.6 is 15.9 Å². The second-order valence-electron chi connectivity index (χ2n) is 5.83. The molecule has 1 saturated heterocycles. The summed E-state index contributed by atoms with van der Waals surface area (Å²) in [5.41, 5.74) is 2.86. The second-order valence-corrected chi connectivity index (χ2v) is 6.68. The minimum Gasteiger partial charge on any atom is -0.273 e. The van der Waals surface area contributed by atoms with Crippen LogP contribution in [0.4, 0.5) is 10.5 Å². The molecule has 1 N–H and O–H groups in total. The minimum absolute atomic E-state index is 0.0920. The van der Waals surface area contributed by atoms with Gasteiger partial charge in [0.15, 0.2) is 0 Å². The number of amides is 4. The van der Waals surface area contributed by atoms with Crippen LogP contribution < -0.4 is 10.2 Å². The molecule has 0 spiro atoms. The van der Waals surface area contributed by atoms with Crippen LogP contribution in [0.5, 0.6) is 0 Å². The maximum atomic E-state index is 12.8. The SMILES string of the molecule is Cc1cc(C)cc(N2C(=O)NC(=O)C(=Cc3ccccc3Br)C2=O)c1. The summed E-state index contributed by atoms with van der Waals surface area (Å²) in [5, 5.41) is 2.23. The Kier molecular flexibility index (Phi) is 4.55. The Morgan fingerprint density at radius 1 is 1.00 bits per heavy atom. The van der Waals surface area contributed by atoms with Crippen LogP contribution in [-0.4, -0.2) is 17.8 Å². The Labute approximate surface area is 153 Å². The van der Waals surface area contributed by atoms with Crippen LogP contribution in [0, 0.1) is 13.8 Å². The molecular formula is C19H15BrN2O3. The lowest BCUT2D eigenvalue weighted by molar-refractivity contribution is -0.122. The number of imide groups is 2. The van der Waals surface area contributed by atoms with Crippen molar-refractivity contribution in [2.24, 2.45) is 0 Å². The quantitative estimate of drug-likeness (QED) is 0.618. The fourth-order valence-corrected chi connectivity index (χ4v) is 3.12. The van der Waals surface area contributed by atoms with E-state index in [4.69, 9.17) is 0 Å². The molecule has 0 unspecified atom stereocenters. The number of aryl methyl sites for hydroxylation is 2. The average molecular weight is 399 g/mol. The number of benzene rings is 2. The number of anilines is 1. The maximum absolute atomic E-state index is 12.8. The Morgan fingerprint density at radius 2 is 1.64 bits per heavy atom. The predicted octanol–water partition coefficient (Wildman–Crippen LogP) is 3.73. The van der Waals surface area contributed by atoms with Crippen LogP contribution in [0.1, 0.15) is 16.7 Å². The van der Waals surface area contributed by atoms with Gasteiger partial charge in [-0.05, 0) is 54.8 Å². The molecule has 0 aliphatic carbocycles. The van der Waals surface area contributed by atoms with Gasteiger partial charge in [-0.2, -0.15) is 0 Å². The number of carbonyl (C=O) groups is 3. The summed E-state index contributed by atoms with van der Waals surface area (Å²) in [6.45, 7) is 3.76. The molecule has 1 heterocycles. The third-order valence-electron chi connectivity index (χ3n) is 3.77. The normalized spacial score (nSPS) is 16.4. The average Bonchev–Trinajstić information content (AvgIpc) is 2.52. The third-order valence-corrected chi connectivity index (χ3v) is 4.49. The van der Waals surface area contributed by atoms with Gasteiger partial charge in [-0.15, -0.1) is 0 Å². The highest BCUT2D eigenvalue weighted by Gasteiger charge is 2.37. The van der Waals surface area contributed by atoms with Gasteiger partial charge in [-0.1, -0.05) is 40.2 Å². The van der Waals surface area contributed by atoms with Gasteiger partial charge in [0, 0.05) is 4.47 Å². The number of rotatable bonds is 2. The lowest BCUT2D eigenvalue weighted by Gasteiger charge is -2.27. The topological polar surface area (TPSA) is 66.5 Å². The maximum Gasteiger partial charge on any atom is 0.335 e. The first-order valence-corrected chi connectivity index (χ1v) is 8.40. The number of barbiturate groups is 1. The lowest BCUT2D eigenvalue weighted by atomic mass is 10.1. The third kappa shape index (κ3) is 3.39. The first kappa shape index (κ1) is 17.1. The van der Waals surface area contributed by atoms with Crippen LogP contribution in [0.3, 0.4) is 0 Å². The summed E-state index contributed by atoms with van der Waals surface area (Å²) < 4.78 is 0.748. The van der Waals surface area contributed by atoms with Gasteiger partial charge in [0.05, 0.1) is 5.69 Å². The first-order valence-electron chi connectivity index (χ1n) is 7.61. The highest BCUT2D eigenvalue weighted by atomic mass is 79.9. The number of urea groups is 1. The number of hydrogen-bond acceptors (Lipinski definition) is 3. The van der Waals surface area contributed by atoms with E-state index in [0.717, 1.165) is 20.5 Å². The lowest BCUT2D eigenvalue weighted by Crippen LogP contribution is -2.54. The molecule has 3 rings (SSSR count). The highest BCUT2D eigenvalue weighted by Crippen LogP contribution is 2.25. The molecule has 5 nitrogen and oxygen atoms in total. The van der Waals surface area contributed by atoms with Crippen LogP contribution in [0.25, 0.3) is 6.08 Å². The summed E-state index contributed by atoms with van der Waals surface area (Å²) >= 11 is 3.39. The number of halogens is 1. The highest BCUT2D eigenvalue weighted by molar-refractivity contribution is 9.10. The van der Waals surface area contributed by atoms with Gasteiger partial charge in [-0.25, -0.2) is 9.69 Å². The summed E-state index contributed by atoms with van der Waals surface area (Å²) in [4.78, 5) is 38.3. The molecule has 4 amide bonds. The standard InChI is InChI=1S/C19H15BrN2O3/c1-11-7-12(2)9-14(8-11)22-18(24)15(17(23)21-19(22)25)10-13-5-3-4-6-16(13)20/h3-10H,1-2H3,(H,21,23,25). The fraction of sp³-hybridized carbons (Fsp3) is 0.105. The zero-order valence-electron chi connectivity index (χ0n) is 13.7. The van der Waals surface area contributed by atoms with Gasteiger partial charge in [0.2, 0.25) is 0 Å². The number of nitrogens with zero attached hydrogens (tertiary/aromatic N) is 1. The van der Waals surface area contributed by atoms with Gasteiger partial charge in [0.25, 0.3) is 11.8 Å². The number of nitrogens with one attached hydrogen (secondary N) is 1. The molecule has 0 bridgehead atoms. The Bertz CT molecular complexity index is 914. The van der Waals surface area contributed by atoms with E-state index < -0.39 is 17.8 Å². The molecule has 6 heteroatoms. The number of carbonyl (C=O) groups excluding carboxylic acids is 3. The Balaban J connectivity index is 2.07. The smallest absolute Gasteiger partial charge is 0.273 e. The molecule has 1 fully saturated rings. The van der Waals surface area contributed by atoms with Crippen molar-refractivity contribution in [3.63, 3.8) is 0 Å². The molecular weight excluding hydrogens is 384 g/mol. The Morgan fingerprint density at radius 3 is 2.28 bits per heavy atom. The van der Waals surface area contributed by atoms with E-state index in [9.17, 15) is 14.4 Å². The molecule has 2 aromatic carbocycles. The Hall–Kier alpha value is -2.73. The summed E-state index contributed by atoms with van der Waals surface area (Å²) in [6, 6.07) is 11.9. The monoisotopic (exact) mass is 398 g/mol. The zero-order valence-corrected chi connectivity index (χ0v) is 15.3. The molecule has 0 radical (unpaired) electrons. The van der Waals surface area contributed by atoms with E-state index in [2.05, 4.69) is 21.2 Å². The van der Waals surface area contributed by atoms with E-state index in [1.807, 2.05) is 32.0 Å². The number of hydrogen-bond donors (Lipinski definition) is 1. The van der Waals surface area contributed by atoms with E-state index in [1.165, 1.54) is 6.08 Å². The van der Waals surface area contributed by atoms with E-state index in [0.29, 0.717) is 11.3 Å². The van der Waals surface area contributed by atoms with Crippen molar-refractivity contribution in [3.05, 3.63) is 69.2 Å². The van der Waals surface area contributed by atoms with Gasteiger partial charge in [0.1, 0.15) is 5.57 Å². The minimum atomic E-state index is -0.746. The molecule has 1 aliphatic heterocycles. The van der Waals surface area contributed by atoms with Crippen LogP contribution in [0.2, 0.25) is 0 Å². The van der Waals surface area contributed by atoms with Crippen molar-refractivity contribution >= 4 is 45.5 Å².